The molecule has 0 radical (unpaired) electrons. The lowest BCUT2D eigenvalue weighted by Crippen LogP contribution is -2.58. The van der Waals surface area contributed by atoms with Crippen LogP contribution in [0.15, 0.2) is 11.6 Å². The number of ether oxygens (including phenoxy) is 4. The van der Waals surface area contributed by atoms with Crippen LogP contribution in [0.2, 0.25) is 0 Å². The molecule has 2 aliphatic carbocycles. The quantitative estimate of drug-likeness (QED) is 0.426. The molecule has 5 aliphatic rings. The number of hydrogen-bond acceptors (Lipinski definition) is 6. The molecule has 9 unspecified atom stereocenters. The molecular formula is C20H26O6. The van der Waals surface area contributed by atoms with Crippen molar-refractivity contribution in [2.45, 2.75) is 83.1 Å². The van der Waals surface area contributed by atoms with Gasteiger partial charge >= 0.3 is 11.9 Å². The van der Waals surface area contributed by atoms with Gasteiger partial charge in [0.25, 0.3) is 0 Å². The van der Waals surface area contributed by atoms with Gasteiger partial charge in [0.15, 0.2) is 0 Å². The Hall–Kier alpha value is -1.40. The summed E-state index contributed by atoms with van der Waals surface area (Å²) in [6.07, 6.45) is 3.56. The molecule has 0 aromatic carbocycles. The van der Waals surface area contributed by atoms with E-state index in [1.807, 2.05) is 0 Å². The fourth-order valence-electron chi connectivity index (χ4n) is 6.10. The predicted molar refractivity (Wildman–Crippen MR) is 90.1 cm³/mol. The van der Waals surface area contributed by atoms with Gasteiger partial charge in [-0.3, -0.25) is 0 Å². The summed E-state index contributed by atoms with van der Waals surface area (Å²) in [5.74, 6) is -0.982. The number of epoxide rings is 2. The van der Waals surface area contributed by atoms with Gasteiger partial charge in [0.05, 0.1) is 6.10 Å². The molecule has 3 heterocycles. The highest BCUT2D eigenvalue weighted by atomic mass is 16.7. The van der Waals surface area contributed by atoms with Crippen molar-refractivity contribution in [3.63, 3.8) is 0 Å². The summed E-state index contributed by atoms with van der Waals surface area (Å²) < 4.78 is 23.6. The minimum atomic E-state index is -1.24. The Bertz CT molecular complexity index is 745. The van der Waals surface area contributed by atoms with Crippen molar-refractivity contribution in [2.75, 3.05) is 0 Å². The first-order valence-electron chi connectivity index (χ1n) is 9.57. The van der Waals surface area contributed by atoms with Gasteiger partial charge < -0.3 is 18.9 Å². The Morgan fingerprint density at radius 1 is 1.23 bits per heavy atom. The SMILES string of the molecule is CC=C(C)C(=O)OC1(C)C(=O)OC2C1CCC1(C)C3OC3C3OC3(C)C21. The van der Waals surface area contributed by atoms with E-state index < -0.39 is 17.5 Å². The zero-order chi connectivity index (χ0) is 18.6. The van der Waals surface area contributed by atoms with Gasteiger partial charge in [-0.1, -0.05) is 13.0 Å². The molecule has 9 atom stereocenters. The maximum atomic E-state index is 12.8. The zero-order valence-electron chi connectivity index (χ0n) is 15.9. The molecule has 5 fully saturated rings. The maximum Gasteiger partial charge on any atom is 0.351 e. The lowest BCUT2D eigenvalue weighted by atomic mass is 9.52. The van der Waals surface area contributed by atoms with Crippen molar-refractivity contribution < 1.29 is 28.5 Å². The molecule has 2 saturated carbocycles. The van der Waals surface area contributed by atoms with Crippen LogP contribution < -0.4 is 0 Å². The Labute approximate surface area is 153 Å². The highest BCUT2D eigenvalue weighted by Crippen LogP contribution is 2.71. The molecule has 6 nitrogen and oxygen atoms in total. The highest BCUT2D eigenvalue weighted by molar-refractivity contribution is 5.92. The molecule has 0 bridgehead atoms. The van der Waals surface area contributed by atoms with Crippen LogP contribution in [0.3, 0.4) is 0 Å². The maximum absolute atomic E-state index is 12.8. The van der Waals surface area contributed by atoms with Gasteiger partial charge in [-0.05, 0) is 40.5 Å². The van der Waals surface area contributed by atoms with Crippen LogP contribution >= 0.6 is 0 Å². The number of rotatable bonds is 2. The second-order valence-electron chi connectivity index (χ2n) is 9.21. The lowest BCUT2D eigenvalue weighted by molar-refractivity contribution is -0.170. The molecular weight excluding hydrogens is 336 g/mol. The van der Waals surface area contributed by atoms with E-state index in [0.29, 0.717) is 5.57 Å². The first-order chi connectivity index (χ1) is 12.2. The third-order valence-corrected chi connectivity index (χ3v) is 7.83. The smallest absolute Gasteiger partial charge is 0.351 e. The summed E-state index contributed by atoms with van der Waals surface area (Å²) in [4.78, 5) is 25.2. The van der Waals surface area contributed by atoms with E-state index in [0.717, 1.165) is 12.8 Å². The van der Waals surface area contributed by atoms with Crippen molar-refractivity contribution in [1.82, 2.24) is 0 Å². The summed E-state index contributed by atoms with van der Waals surface area (Å²) in [6, 6.07) is 0. The first kappa shape index (κ1) is 16.8. The van der Waals surface area contributed by atoms with Crippen LogP contribution in [0.25, 0.3) is 0 Å². The molecule has 142 valence electrons. The van der Waals surface area contributed by atoms with Gasteiger partial charge in [0.1, 0.15) is 23.9 Å². The van der Waals surface area contributed by atoms with E-state index in [9.17, 15) is 9.59 Å². The van der Waals surface area contributed by atoms with Gasteiger partial charge in [-0.25, -0.2) is 9.59 Å². The Balaban J connectivity index is 1.48. The minimum Gasteiger partial charge on any atom is -0.459 e. The van der Waals surface area contributed by atoms with Gasteiger partial charge in [-0.15, -0.1) is 0 Å². The van der Waals surface area contributed by atoms with Crippen LogP contribution in [0.4, 0.5) is 0 Å². The minimum absolute atomic E-state index is 0.0646. The Kier molecular flexibility index (Phi) is 3.03. The standard InChI is InChI=1S/C20H26O6/c1-6-9(2)16(21)26-19(4)10-7-8-18(3)13(11(10)24-17(19)22)20(5)15(25-20)12-14(18)23-12/h6,10-15H,7-8H2,1-5H3. The molecule has 3 saturated heterocycles. The normalized spacial score (nSPS) is 56.5. The van der Waals surface area contributed by atoms with Crippen LogP contribution in [-0.2, 0) is 28.5 Å². The van der Waals surface area contributed by atoms with Crippen molar-refractivity contribution in [3.05, 3.63) is 11.6 Å². The number of fused-ring (bicyclic) bond motifs is 8. The summed E-state index contributed by atoms with van der Waals surface area (Å²) in [6.45, 7) is 9.52. The van der Waals surface area contributed by atoms with Crippen LogP contribution in [0, 0.1) is 17.3 Å². The largest absolute Gasteiger partial charge is 0.459 e. The zero-order valence-corrected chi connectivity index (χ0v) is 15.9. The Morgan fingerprint density at radius 2 is 1.96 bits per heavy atom. The lowest BCUT2D eigenvalue weighted by Gasteiger charge is -2.50. The highest BCUT2D eigenvalue weighted by Gasteiger charge is 2.83. The van der Waals surface area contributed by atoms with Crippen molar-refractivity contribution in [2.24, 2.45) is 17.3 Å². The number of hydrogen-bond donors (Lipinski definition) is 0. The molecule has 0 N–H and O–H groups in total. The molecule has 3 aliphatic heterocycles. The topological polar surface area (TPSA) is 77.7 Å². The molecule has 6 heteroatoms. The van der Waals surface area contributed by atoms with Crippen LogP contribution in [-0.4, -0.2) is 47.6 Å². The summed E-state index contributed by atoms with van der Waals surface area (Å²) in [7, 11) is 0. The second-order valence-corrected chi connectivity index (χ2v) is 9.21. The fourth-order valence-corrected chi connectivity index (χ4v) is 6.10. The van der Waals surface area contributed by atoms with E-state index in [4.69, 9.17) is 18.9 Å². The van der Waals surface area contributed by atoms with Crippen LogP contribution in [0.5, 0.6) is 0 Å². The summed E-state index contributed by atoms with van der Waals surface area (Å²) >= 11 is 0. The third-order valence-electron chi connectivity index (χ3n) is 7.83. The van der Waals surface area contributed by atoms with E-state index in [-0.39, 0.29) is 47.3 Å². The molecule has 0 aromatic rings. The third kappa shape index (κ3) is 1.80. The number of esters is 2. The van der Waals surface area contributed by atoms with E-state index in [1.165, 1.54) is 0 Å². The molecule has 0 aromatic heterocycles. The molecule has 5 rings (SSSR count). The van der Waals surface area contributed by atoms with Crippen molar-refractivity contribution in [1.29, 1.82) is 0 Å². The molecule has 26 heavy (non-hydrogen) atoms. The number of allylic oxidation sites excluding steroid dienone is 1. The van der Waals surface area contributed by atoms with Crippen molar-refractivity contribution in [3.8, 4) is 0 Å². The predicted octanol–water partition coefficient (Wildman–Crippen LogP) is 2.15. The van der Waals surface area contributed by atoms with Gasteiger partial charge in [0.2, 0.25) is 5.60 Å². The van der Waals surface area contributed by atoms with E-state index >= 15 is 0 Å². The van der Waals surface area contributed by atoms with Crippen LogP contribution in [0.1, 0.15) is 47.5 Å². The first-order valence-corrected chi connectivity index (χ1v) is 9.57. The average molecular weight is 362 g/mol. The summed E-state index contributed by atoms with van der Waals surface area (Å²) in [5, 5.41) is 0. The number of carbonyl (C=O) groups excluding carboxylic acids is 2. The van der Waals surface area contributed by atoms with E-state index in [1.54, 1.807) is 26.8 Å². The monoisotopic (exact) mass is 362 g/mol. The van der Waals surface area contributed by atoms with Crippen molar-refractivity contribution >= 4 is 11.9 Å². The molecule has 0 spiro atoms. The second kappa shape index (κ2) is 4.71. The number of carbonyl (C=O) groups is 2. The van der Waals surface area contributed by atoms with Gasteiger partial charge in [-0.2, -0.15) is 0 Å². The Morgan fingerprint density at radius 3 is 2.65 bits per heavy atom. The van der Waals surface area contributed by atoms with Gasteiger partial charge in [0, 0.05) is 22.8 Å². The van der Waals surface area contributed by atoms with E-state index in [2.05, 4.69) is 13.8 Å². The average Bonchev–Trinajstić information content (AvgIpc) is 3.46. The summed E-state index contributed by atoms with van der Waals surface area (Å²) in [5.41, 5.74) is -1.13. The molecule has 0 amide bonds. The fraction of sp³-hybridized carbons (Fsp3) is 0.800.